The third kappa shape index (κ3) is 3.76. The zero-order valence-corrected chi connectivity index (χ0v) is 19.9. The zero-order chi connectivity index (χ0) is 24.1. The van der Waals surface area contributed by atoms with Crippen molar-refractivity contribution in [3.8, 4) is 0 Å². The van der Waals surface area contributed by atoms with Gasteiger partial charge in [-0.25, -0.2) is 4.79 Å². The molecule has 34 heavy (non-hydrogen) atoms. The first kappa shape index (κ1) is 23.1. The molecule has 2 aromatic rings. The summed E-state index contributed by atoms with van der Waals surface area (Å²) in [5, 5.41) is 2.28. The van der Waals surface area contributed by atoms with E-state index in [9.17, 15) is 19.2 Å². The lowest BCUT2D eigenvalue weighted by atomic mass is 9.80. The predicted molar refractivity (Wildman–Crippen MR) is 127 cm³/mol. The summed E-state index contributed by atoms with van der Waals surface area (Å²) in [4.78, 5) is 51.7. The van der Waals surface area contributed by atoms with Gasteiger partial charge in [0.15, 0.2) is 6.61 Å². The maximum Gasteiger partial charge on any atom is 0.338 e. The van der Waals surface area contributed by atoms with Crippen molar-refractivity contribution >= 4 is 69.9 Å². The molecule has 3 fully saturated rings. The zero-order valence-electron chi connectivity index (χ0n) is 17.6. The Hall–Kier alpha value is -2.61. The van der Waals surface area contributed by atoms with Gasteiger partial charge in [0.05, 0.1) is 44.6 Å². The van der Waals surface area contributed by atoms with Gasteiger partial charge in [-0.3, -0.25) is 19.3 Å². The number of para-hydroxylation sites is 1. The molecule has 0 radical (unpaired) electrons. The highest BCUT2D eigenvalue weighted by Gasteiger charge is 2.66. The molecule has 1 N–H and O–H groups in total. The van der Waals surface area contributed by atoms with E-state index in [1.54, 1.807) is 24.3 Å². The highest BCUT2D eigenvalue weighted by atomic mass is 35.5. The minimum Gasteiger partial charge on any atom is -0.452 e. The van der Waals surface area contributed by atoms with E-state index in [-0.39, 0.29) is 40.0 Å². The molecule has 0 spiro atoms. The van der Waals surface area contributed by atoms with Gasteiger partial charge in [-0.2, -0.15) is 0 Å². The summed E-state index contributed by atoms with van der Waals surface area (Å²) in [6, 6.07) is 12.6. The highest BCUT2D eigenvalue weighted by molar-refractivity contribution is 6.34. The highest BCUT2D eigenvalue weighted by Crippen LogP contribution is 2.59. The Labute approximate surface area is 210 Å². The summed E-state index contributed by atoms with van der Waals surface area (Å²) in [5.74, 6) is -2.91. The third-order valence-corrected chi connectivity index (χ3v) is 8.48. The molecule has 6 atom stereocenters. The molecule has 0 aromatic heterocycles. The molecular weight excluding hydrogens is 503 g/mol. The fourth-order valence-electron chi connectivity index (χ4n) is 5.31. The second kappa shape index (κ2) is 8.87. The number of anilines is 2. The van der Waals surface area contributed by atoms with E-state index in [2.05, 4.69) is 5.32 Å². The van der Waals surface area contributed by atoms with Gasteiger partial charge in [-0.15, -0.1) is 23.2 Å². The number of fused-ring (bicyclic) bond motifs is 5. The number of alkyl halides is 2. The lowest BCUT2D eigenvalue weighted by molar-refractivity contribution is -0.123. The van der Waals surface area contributed by atoms with E-state index in [0.717, 1.165) is 0 Å². The summed E-state index contributed by atoms with van der Waals surface area (Å²) in [6.45, 7) is -0.500. The molecule has 176 valence electrons. The largest absolute Gasteiger partial charge is 0.452 e. The lowest BCUT2D eigenvalue weighted by Gasteiger charge is -2.28. The summed E-state index contributed by atoms with van der Waals surface area (Å²) in [5.41, 5.74) is 0.957. The van der Waals surface area contributed by atoms with E-state index < -0.39 is 30.3 Å². The molecule has 2 saturated carbocycles. The maximum absolute atomic E-state index is 13.1. The Morgan fingerprint density at radius 1 is 0.941 bits per heavy atom. The quantitative estimate of drug-likeness (QED) is 0.363. The van der Waals surface area contributed by atoms with Crippen molar-refractivity contribution in [3.05, 3.63) is 59.1 Å². The molecule has 7 nitrogen and oxygen atoms in total. The number of carbonyl (C=O) groups excluding carboxylic acids is 4. The Morgan fingerprint density at radius 3 is 2.12 bits per heavy atom. The smallest absolute Gasteiger partial charge is 0.338 e. The van der Waals surface area contributed by atoms with Crippen molar-refractivity contribution in [2.75, 3.05) is 16.8 Å². The van der Waals surface area contributed by atoms with Gasteiger partial charge in [0, 0.05) is 0 Å². The Balaban J connectivity index is 1.22. The van der Waals surface area contributed by atoms with E-state index in [4.69, 9.17) is 39.5 Å². The molecule has 3 amide bonds. The van der Waals surface area contributed by atoms with E-state index in [1.807, 2.05) is 0 Å². The summed E-state index contributed by atoms with van der Waals surface area (Å²) < 4.78 is 5.06. The molecule has 1 saturated heterocycles. The van der Waals surface area contributed by atoms with Crippen LogP contribution in [0.2, 0.25) is 5.02 Å². The first-order valence-electron chi connectivity index (χ1n) is 10.8. The standard InChI is InChI=1S/C24H19Cl3N2O5/c25-15-3-1-2-4-16(15)28-17(30)10-34-24(33)11-5-7-12(8-6-11)29-22(31)18-13-9-14(19(18)23(29)32)21(27)20(13)26/h1-8,13-14,18-21H,9-10H2,(H,28,30)/t13-,14-,18-,19+,20+,21+/m1/s1. The van der Waals surface area contributed by atoms with Gasteiger partial charge in [0.2, 0.25) is 11.8 Å². The fraction of sp³-hybridized carbons (Fsp3) is 0.333. The van der Waals surface area contributed by atoms with Crippen molar-refractivity contribution < 1.29 is 23.9 Å². The van der Waals surface area contributed by atoms with Crippen LogP contribution >= 0.6 is 34.8 Å². The molecule has 2 aromatic carbocycles. The number of esters is 1. The van der Waals surface area contributed by atoms with Crippen LogP contribution in [0.5, 0.6) is 0 Å². The Bertz CT molecular complexity index is 1160. The Kier molecular flexibility index (Phi) is 6.04. The van der Waals surface area contributed by atoms with Gasteiger partial charge in [0.1, 0.15) is 0 Å². The second-order valence-corrected chi connectivity index (χ2v) is 10.1. The number of hydrogen-bond donors (Lipinski definition) is 1. The molecule has 3 aliphatic rings. The lowest BCUT2D eigenvalue weighted by Crippen LogP contribution is -2.37. The number of amides is 3. The molecule has 2 aliphatic carbocycles. The van der Waals surface area contributed by atoms with Crippen molar-refractivity contribution in [3.63, 3.8) is 0 Å². The third-order valence-electron chi connectivity index (χ3n) is 6.83. The van der Waals surface area contributed by atoms with Crippen LogP contribution in [0.4, 0.5) is 11.4 Å². The average Bonchev–Trinajstić information content (AvgIpc) is 3.44. The van der Waals surface area contributed by atoms with Crippen LogP contribution in [0.1, 0.15) is 16.8 Å². The van der Waals surface area contributed by atoms with Crippen molar-refractivity contribution in [1.29, 1.82) is 0 Å². The number of imide groups is 1. The van der Waals surface area contributed by atoms with Gasteiger partial charge in [-0.1, -0.05) is 23.7 Å². The fourth-order valence-corrected chi connectivity index (χ4v) is 6.39. The second-order valence-electron chi connectivity index (χ2n) is 8.67. The molecule has 5 rings (SSSR count). The molecule has 2 bridgehead atoms. The minimum absolute atomic E-state index is 0.105. The average molecular weight is 522 g/mol. The van der Waals surface area contributed by atoms with Gasteiger partial charge >= 0.3 is 5.97 Å². The van der Waals surface area contributed by atoms with E-state index >= 15 is 0 Å². The molecule has 1 heterocycles. The monoisotopic (exact) mass is 520 g/mol. The van der Waals surface area contributed by atoms with Crippen LogP contribution < -0.4 is 10.2 Å². The summed E-state index contributed by atoms with van der Waals surface area (Å²) >= 11 is 18.8. The predicted octanol–water partition coefficient (Wildman–Crippen LogP) is 4.11. The normalized spacial score (nSPS) is 29.3. The van der Waals surface area contributed by atoms with E-state index in [1.165, 1.54) is 29.2 Å². The van der Waals surface area contributed by atoms with E-state index in [0.29, 0.717) is 22.8 Å². The number of rotatable bonds is 5. The molecule has 1 aliphatic heterocycles. The number of ether oxygens (including phenoxy) is 1. The van der Waals surface area contributed by atoms with Gasteiger partial charge in [0.25, 0.3) is 5.91 Å². The Morgan fingerprint density at radius 2 is 1.53 bits per heavy atom. The number of nitrogens with zero attached hydrogens (tertiary/aromatic N) is 1. The van der Waals surface area contributed by atoms with Crippen molar-refractivity contribution in [1.82, 2.24) is 0 Å². The van der Waals surface area contributed by atoms with Gasteiger partial charge < -0.3 is 10.1 Å². The van der Waals surface area contributed by atoms with Crippen molar-refractivity contribution in [2.24, 2.45) is 23.7 Å². The van der Waals surface area contributed by atoms with Crippen LogP contribution in [0.15, 0.2) is 48.5 Å². The minimum atomic E-state index is -0.718. The number of halogens is 3. The number of carbonyl (C=O) groups is 4. The molecular formula is C24H19Cl3N2O5. The van der Waals surface area contributed by atoms with Gasteiger partial charge in [-0.05, 0) is 54.7 Å². The number of nitrogens with one attached hydrogen (secondary N) is 1. The molecule has 0 unspecified atom stereocenters. The van der Waals surface area contributed by atoms with Crippen LogP contribution in [0, 0.1) is 23.7 Å². The SMILES string of the molecule is O=C(COC(=O)c1ccc(N2C(=O)[C@@H]3[C@H]4C[C@@H]([C@H](Cl)[C@H]4Cl)[C@@H]3C2=O)cc1)Nc1ccccc1Cl. The van der Waals surface area contributed by atoms with Crippen LogP contribution in [-0.4, -0.2) is 41.1 Å². The first-order valence-corrected chi connectivity index (χ1v) is 12.0. The number of hydrogen-bond acceptors (Lipinski definition) is 5. The summed E-state index contributed by atoms with van der Waals surface area (Å²) in [6.07, 6.45) is 0.692. The van der Waals surface area contributed by atoms with Crippen LogP contribution in [0.3, 0.4) is 0 Å². The van der Waals surface area contributed by atoms with Crippen LogP contribution in [-0.2, 0) is 19.1 Å². The first-order chi connectivity index (χ1) is 16.3. The summed E-state index contributed by atoms with van der Waals surface area (Å²) in [7, 11) is 0. The topological polar surface area (TPSA) is 92.8 Å². The maximum atomic E-state index is 13.1. The van der Waals surface area contributed by atoms with Crippen LogP contribution in [0.25, 0.3) is 0 Å². The molecule has 10 heteroatoms. The van der Waals surface area contributed by atoms with Crippen molar-refractivity contribution in [2.45, 2.75) is 17.2 Å². The number of benzene rings is 2.